The zero-order chi connectivity index (χ0) is 12.4. The van der Waals surface area contributed by atoms with E-state index in [2.05, 4.69) is 9.59 Å². The summed E-state index contributed by atoms with van der Waals surface area (Å²) in [6.45, 7) is 1.65. The number of hydrogen-bond donors (Lipinski definition) is 0. The van der Waals surface area contributed by atoms with E-state index in [9.17, 15) is 13.6 Å². The second-order valence-electron chi connectivity index (χ2n) is 3.52. The highest BCUT2D eigenvalue weighted by Crippen LogP contribution is 2.16. The van der Waals surface area contributed by atoms with E-state index in [4.69, 9.17) is 0 Å². The fourth-order valence-electron chi connectivity index (χ4n) is 1.42. The highest BCUT2D eigenvalue weighted by Gasteiger charge is 2.16. The number of ketones is 1. The normalized spacial score (nSPS) is 10.5. The summed E-state index contributed by atoms with van der Waals surface area (Å²) < 4.78 is 29.9. The quantitative estimate of drug-likeness (QED) is 0.790. The molecule has 17 heavy (non-hydrogen) atoms. The molecule has 0 saturated heterocycles. The van der Waals surface area contributed by atoms with Crippen LogP contribution in [0, 0.1) is 18.6 Å². The van der Waals surface area contributed by atoms with E-state index in [0.717, 1.165) is 29.7 Å². The minimum atomic E-state index is -0.588. The molecule has 0 aliphatic carbocycles. The Morgan fingerprint density at radius 2 is 2.18 bits per heavy atom. The molecule has 2 aromatic rings. The van der Waals surface area contributed by atoms with Crippen LogP contribution in [0.1, 0.15) is 20.9 Å². The molecule has 0 saturated carbocycles. The summed E-state index contributed by atoms with van der Waals surface area (Å²) in [5.41, 5.74) is 0.555. The van der Waals surface area contributed by atoms with Gasteiger partial charge in [0.2, 0.25) is 0 Å². The minimum absolute atomic E-state index is 0.0443. The van der Waals surface area contributed by atoms with Crippen molar-refractivity contribution in [1.29, 1.82) is 0 Å². The van der Waals surface area contributed by atoms with Crippen LogP contribution in [-0.4, -0.2) is 15.4 Å². The number of benzene rings is 1. The summed E-state index contributed by atoms with van der Waals surface area (Å²) in [6, 6.07) is 3.05. The van der Waals surface area contributed by atoms with Crippen molar-refractivity contribution < 1.29 is 13.6 Å². The third-order valence-corrected chi connectivity index (χ3v) is 3.13. The predicted octanol–water partition coefficient (Wildman–Crippen LogP) is 2.55. The molecule has 0 bridgehead atoms. The van der Waals surface area contributed by atoms with Crippen molar-refractivity contribution in [3.05, 3.63) is 46.0 Å². The maximum atomic E-state index is 13.3. The minimum Gasteiger partial charge on any atom is -0.293 e. The van der Waals surface area contributed by atoms with Gasteiger partial charge in [0.05, 0.1) is 5.69 Å². The van der Waals surface area contributed by atoms with Crippen molar-refractivity contribution in [2.45, 2.75) is 13.3 Å². The average Bonchev–Trinajstić information content (AvgIpc) is 2.70. The van der Waals surface area contributed by atoms with Gasteiger partial charge >= 0.3 is 0 Å². The molecule has 1 aromatic carbocycles. The second kappa shape index (κ2) is 4.67. The first-order chi connectivity index (χ1) is 8.08. The smallest absolute Gasteiger partial charge is 0.180 e. The molecule has 0 aliphatic rings. The molecule has 0 N–H and O–H groups in total. The van der Waals surface area contributed by atoms with Crippen LogP contribution in [0.2, 0.25) is 0 Å². The largest absolute Gasteiger partial charge is 0.293 e. The van der Waals surface area contributed by atoms with Gasteiger partial charge in [-0.15, -0.1) is 5.10 Å². The molecular weight excluding hydrogens is 246 g/mol. The van der Waals surface area contributed by atoms with E-state index in [1.165, 1.54) is 0 Å². The monoisotopic (exact) mass is 254 g/mol. The van der Waals surface area contributed by atoms with Gasteiger partial charge < -0.3 is 0 Å². The average molecular weight is 254 g/mol. The van der Waals surface area contributed by atoms with Crippen LogP contribution in [0.3, 0.4) is 0 Å². The van der Waals surface area contributed by atoms with Crippen LogP contribution < -0.4 is 0 Å². The van der Waals surface area contributed by atoms with Gasteiger partial charge in [0, 0.05) is 6.42 Å². The first-order valence-electron chi connectivity index (χ1n) is 4.84. The first-order valence-corrected chi connectivity index (χ1v) is 5.61. The fourth-order valence-corrected chi connectivity index (χ4v) is 2.01. The Morgan fingerprint density at radius 3 is 2.82 bits per heavy atom. The van der Waals surface area contributed by atoms with Gasteiger partial charge in [0.1, 0.15) is 16.5 Å². The highest BCUT2D eigenvalue weighted by atomic mass is 32.1. The predicted molar refractivity (Wildman–Crippen MR) is 59.0 cm³/mol. The van der Waals surface area contributed by atoms with E-state index in [1.807, 2.05) is 0 Å². The fraction of sp³-hybridized carbons (Fsp3) is 0.182. The number of aromatic nitrogens is 2. The molecule has 0 aliphatic heterocycles. The number of carbonyl (C=O) groups excluding carboxylic acids is 1. The molecule has 0 unspecified atom stereocenters. The summed E-state index contributed by atoms with van der Waals surface area (Å²) >= 11 is 0.960. The molecule has 3 nitrogen and oxygen atoms in total. The van der Waals surface area contributed by atoms with Crippen LogP contribution in [0.15, 0.2) is 18.2 Å². The molecule has 1 heterocycles. The molecule has 1 aromatic heterocycles. The summed E-state index contributed by atoms with van der Waals surface area (Å²) in [5.74, 6) is -1.45. The van der Waals surface area contributed by atoms with Crippen molar-refractivity contribution >= 4 is 17.3 Å². The van der Waals surface area contributed by atoms with Crippen molar-refractivity contribution in [3.8, 4) is 0 Å². The van der Waals surface area contributed by atoms with Crippen molar-refractivity contribution in [3.63, 3.8) is 0 Å². The lowest BCUT2D eigenvalue weighted by Crippen LogP contribution is -2.05. The molecule has 88 valence electrons. The number of rotatable bonds is 3. The third kappa shape index (κ3) is 2.52. The Kier molecular flexibility index (Phi) is 3.23. The van der Waals surface area contributed by atoms with Crippen LogP contribution >= 0.6 is 11.5 Å². The SMILES string of the molecule is Cc1nnsc1C(=O)Cc1cc(F)ccc1F. The van der Waals surface area contributed by atoms with E-state index >= 15 is 0 Å². The lowest BCUT2D eigenvalue weighted by atomic mass is 10.1. The van der Waals surface area contributed by atoms with E-state index in [-0.39, 0.29) is 17.8 Å². The summed E-state index contributed by atoms with van der Waals surface area (Å²) in [5, 5.41) is 3.70. The van der Waals surface area contributed by atoms with Crippen LogP contribution in [0.4, 0.5) is 8.78 Å². The lowest BCUT2D eigenvalue weighted by Gasteiger charge is -2.01. The van der Waals surface area contributed by atoms with Gasteiger partial charge in [-0.2, -0.15) is 0 Å². The van der Waals surface area contributed by atoms with Crippen LogP contribution in [-0.2, 0) is 6.42 Å². The number of aryl methyl sites for hydroxylation is 1. The number of nitrogens with zero attached hydrogens (tertiary/aromatic N) is 2. The van der Waals surface area contributed by atoms with Gasteiger partial charge in [-0.05, 0) is 42.2 Å². The zero-order valence-electron chi connectivity index (χ0n) is 8.91. The topological polar surface area (TPSA) is 42.9 Å². The van der Waals surface area contributed by atoms with Crippen molar-refractivity contribution in [1.82, 2.24) is 9.59 Å². The number of carbonyl (C=O) groups is 1. The van der Waals surface area contributed by atoms with Gasteiger partial charge in [0.15, 0.2) is 5.78 Å². The Bertz CT molecular complexity index is 568. The molecule has 0 amide bonds. The summed E-state index contributed by atoms with van der Waals surface area (Å²) in [6.07, 6.45) is -0.186. The van der Waals surface area contributed by atoms with Gasteiger partial charge in [-0.3, -0.25) is 4.79 Å². The van der Waals surface area contributed by atoms with Crippen molar-refractivity contribution in [2.24, 2.45) is 0 Å². The standard InChI is InChI=1S/C11H8F2N2OS/c1-6-11(17-15-14-6)10(16)5-7-4-8(12)2-3-9(7)13/h2-4H,5H2,1H3. The lowest BCUT2D eigenvalue weighted by molar-refractivity contribution is 0.0995. The number of halogens is 2. The maximum Gasteiger partial charge on any atom is 0.180 e. The zero-order valence-corrected chi connectivity index (χ0v) is 9.72. The Hall–Kier alpha value is -1.69. The van der Waals surface area contributed by atoms with E-state index in [0.29, 0.717) is 10.6 Å². The summed E-state index contributed by atoms with van der Waals surface area (Å²) in [7, 11) is 0. The molecular formula is C11H8F2N2OS. The molecule has 0 radical (unpaired) electrons. The molecule has 6 heteroatoms. The number of hydrogen-bond acceptors (Lipinski definition) is 4. The summed E-state index contributed by atoms with van der Waals surface area (Å²) in [4.78, 5) is 12.2. The maximum absolute atomic E-state index is 13.3. The molecule has 0 spiro atoms. The third-order valence-electron chi connectivity index (χ3n) is 2.26. The molecule has 0 atom stereocenters. The highest BCUT2D eigenvalue weighted by molar-refractivity contribution is 7.08. The molecule has 0 fully saturated rings. The van der Waals surface area contributed by atoms with Gasteiger partial charge in [-0.25, -0.2) is 8.78 Å². The number of Topliss-reactive ketones (excluding diaryl/α,β-unsaturated/α-hetero) is 1. The van der Waals surface area contributed by atoms with Gasteiger partial charge in [-0.1, -0.05) is 4.49 Å². The Balaban J connectivity index is 2.24. The first kappa shape index (κ1) is 11.8. The second-order valence-corrected chi connectivity index (χ2v) is 4.28. The van der Waals surface area contributed by atoms with Gasteiger partial charge in [0.25, 0.3) is 0 Å². The Morgan fingerprint density at radius 1 is 1.41 bits per heavy atom. The molecule has 2 rings (SSSR count). The van der Waals surface area contributed by atoms with Crippen molar-refractivity contribution in [2.75, 3.05) is 0 Å². The van der Waals surface area contributed by atoms with Crippen LogP contribution in [0.5, 0.6) is 0 Å². The van der Waals surface area contributed by atoms with E-state index < -0.39 is 11.6 Å². The van der Waals surface area contributed by atoms with E-state index in [1.54, 1.807) is 6.92 Å². The van der Waals surface area contributed by atoms with Crippen LogP contribution in [0.25, 0.3) is 0 Å². The Labute approximate surface area is 100 Å².